The van der Waals surface area contributed by atoms with E-state index in [9.17, 15) is 9.18 Å². The number of rotatable bonds is 4. The second-order valence-electron chi connectivity index (χ2n) is 3.98. The first-order valence-corrected chi connectivity index (χ1v) is 6.50. The number of hydrogen-bond acceptors (Lipinski definition) is 2. The first kappa shape index (κ1) is 14.6. The van der Waals surface area contributed by atoms with Crippen molar-refractivity contribution < 1.29 is 9.18 Å². The minimum Gasteiger partial charge on any atom is -0.362 e. The van der Waals surface area contributed by atoms with Gasteiger partial charge in [0.1, 0.15) is 5.82 Å². The second kappa shape index (κ2) is 6.55. The lowest BCUT2D eigenvalue weighted by Gasteiger charge is -2.01. The molecule has 0 aliphatic heterocycles. The average molecular weight is 310 g/mol. The summed E-state index contributed by atoms with van der Waals surface area (Å²) in [5.74, 6) is -0.524. The molecule has 2 aromatic carbocycles. The van der Waals surface area contributed by atoms with Gasteiger partial charge in [-0.1, -0.05) is 23.2 Å². The summed E-state index contributed by atoms with van der Waals surface area (Å²) >= 11 is 11.6. The van der Waals surface area contributed by atoms with Gasteiger partial charge < -0.3 is 5.32 Å². The van der Waals surface area contributed by atoms with E-state index in [-0.39, 0.29) is 11.6 Å². The molecule has 2 aromatic rings. The fourth-order valence-electron chi connectivity index (χ4n) is 1.51. The van der Waals surface area contributed by atoms with Gasteiger partial charge >= 0.3 is 0 Å². The summed E-state index contributed by atoms with van der Waals surface area (Å²) in [6.45, 7) is 0. The Balaban J connectivity index is 2.01. The van der Waals surface area contributed by atoms with E-state index >= 15 is 0 Å². The number of carbonyl (C=O) groups is 1. The molecular weight excluding hydrogens is 300 g/mol. The fraction of sp³-hybridized carbons (Fsp3) is 0. The summed E-state index contributed by atoms with van der Waals surface area (Å²) in [6, 6.07) is 10.5. The van der Waals surface area contributed by atoms with Crippen molar-refractivity contribution >= 4 is 34.7 Å². The Morgan fingerprint density at radius 3 is 2.40 bits per heavy atom. The highest BCUT2D eigenvalue weighted by molar-refractivity contribution is 6.42. The number of carbonyl (C=O) groups excluding carboxylic acids is 1. The molecule has 2 rings (SSSR count). The van der Waals surface area contributed by atoms with Crippen LogP contribution < -0.4 is 5.32 Å². The number of hydrogen-bond donors (Lipinski definition) is 1. The number of halogens is 3. The number of ketones is 1. The molecule has 0 unspecified atom stereocenters. The van der Waals surface area contributed by atoms with Crippen LogP contribution in [0, 0.1) is 5.82 Å². The van der Waals surface area contributed by atoms with Gasteiger partial charge in [-0.05, 0) is 42.5 Å². The minimum atomic E-state index is -0.314. The van der Waals surface area contributed by atoms with Crippen molar-refractivity contribution in [2.45, 2.75) is 0 Å². The molecule has 0 aliphatic rings. The van der Waals surface area contributed by atoms with Crippen LogP contribution in [0.2, 0.25) is 10.0 Å². The van der Waals surface area contributed by atoms with E-state index < -0.39 is 0 Å². The number of anilines is 1. The van der Waals surface area contributed by atoms with Gasteiger partial charge in [0.15, 0.2) is 5.78 Å². The van der Waals surface area contributed by atoms with Gasteiger partial charge in [-0.3, -0.25) is 4.79 Å². The summed E-state index contributed by atoms with van der Waals surface area (Å²) in [6.07, 6.45) is 2.85. The molecule has 20 heavy (non-hydrogen) atoms. The Hall–Kier alpha value is -1.84. The molecule has 0 atom stereocenters. The van der Waals surface area contributed by atoms with Crippen molar-refractivity contribution in [1.29, 1.82) is 0 Å². The summed E-state index contributed by atoms with van der Waals surface area (Å²) in [5.41, 5.74) is 1.13. The maximum atomic E-state index is 12.7. The monoisotopic (exact) mass is 309 g/mol. The maximum absolute atomic E-state index is 12.7. The lowest BCUT2D eigenvalue weighted by molar-refractivity contribution is 0.104. The Morgan fingerprint density at radius 2 is 1.75 bits per heavy atom. The van der Waals surface area contributed by atoms with E-state index in [1.165, 1.54) is 30.5 Å². The number of benzene rings is 2. The molecule has 0 bridgehead atoms. The zero-order chi connectivity index (χ0) is 14.5. The van der Waals surface area contributed by atoms with Gasteiger partial charge in [0.05, 0.1) is 10.0 Å². The predicted molar refractivity (Wildman–Crippen MR) is 80.0 cm³/mol. The predicted octanol–water partition coefficient (Wildman–Crippen LogP) is 4.94. The molecule has 0 radical (unpaired) electrons. The Labute approximate surface area is 125 Å². The number of nitrogens with one attached hydrogen (secondary N) is 1. The maximum Gasteiger partial charge on any atom is 0.187 e. The van der Waals surface area contributed by atoms with Gasteiger partial charge in [-0.15, -0.1) is 0 Å². The van der Waals surface area contributed by atoms with Crippen LogP contribution in [-0.2, 0) is 0 Å². The van der Waals surface area contributed by atoms with Crippen molar-refractivity contribution in [3.8, 4) is 0 Å². The van der Waals surface area contributed by atoms with Gasteiger partial charge in [0.2, 0.25) is 0 Å². The van der Waals surface area contributed by atoms with E-state index in [0.29, 0.717) is 21.3 Å². The molecule has 0 fully saturated rings. The van der Waals surface area contributed by atoms with Crippen LogP contribution in [0.3, 0.4) is 0 Å². The Bertz CT molecular complexity index is 653. The van der Waals surface area contributed by atoms with Crippen molar-refractivity contribution in [1.82, 2.24) is 0 Å². The standard InChI is InChI=1S/C15H10Cl2FNO/c16-13-6-1-10(9-14(13)17)15(20)7-8-19-12-4-2-11(18)3-5-12/h1-9,19H/b8-7+. The lowest BCUT2D eigenvalue weighted by atomic mass is 10.1. The van der Waals surface area contributed by atoms with E-state index in [1.807, 2.05) is 0 Å². The van der Waals surface area contributed by atoms with E-state index in [4.69, 9.17) is 23.2 Å². The zero-order valence-corrected chi connectivity index (χ0v) is 11.8. The Morgan fingerprint density at radius 1 is 1.05 bits per heavy atom. The van der Waals surface area contributed by atoms with E-state index in [1.54, 1.807) is 24.3 Å². The van der Waals surface area contributed by atoms with Crippen LogP contribution in [-0.4, -0.2) is 5.78 Å². The van der Waals surface area contributed by atoms with Crippen LogP contribution in [0.5, 0.6) is 0 Å². The molecule has 5 heteroatoms. The van der Waals surface area contributed by atoms with Crippen LogP contribution >= 0.6 is 23.2 Å². The highest BCUT2D eigenvalue weighted by Gasteiger charge is 2.04. The smallest absolute Gasteiger partial charge is 0.187 e. The first-order valence-electron chi connectivity index (χ1n) is 5.74. The molecule has 0 aromatic heterocycles. The summed E-state index contributed by atoms with van der Waals surface area (Å²) < 4.78 is 12.7. The van der Waals surface area contributed by atoms with Crippen LogP contribution in [0.15, 0.2) is 54.7 Å². The van der Waals surface area contributed by atoms with E-state index in [2.05, 4.69) is 5.32 Å². The summed E-state index contributed by atoms with van der Waals surface area (Å²) in [5, 5.41) is 3.60. The molecule has 0 aliphatic carbocycles. The molecule has 0 heterocycles. The molecule has 0 spiro atoms. The average Bonchev–Trinajstić information content (AvgIpc) is 2.44. The largest absolute Gasteiger partial charge is 0.362 e. The van der Waals surface area contributed by atoms with Crippen LogP contribution in [0.1, 0.15) is 10.4 Å². The van der Waals surface area contributed by atoms with Gasteiger partial charge in [0.25, 0.3) is 0 Å². The minimum absolute atomic E-state index is 0.210. The van der Waals surface area contributed by atoms with Gasteiger partial charge in [-0.25, -0.2) is 4.39 Å². The molecule has 0 saturated heterocycles. The molecule has 0 saturated carbocycles. The van der Waals surface area contributed by atoms with Gasteiger partial charge in [0, 0.05) is 23.5 Å². The number of allylic oxidation sites excluding steroid dienone is 1. The summed E-state index contributed by atoms with van der Waals surface area (Å²) in [4.78, 5) is 11.9. The highest BCUT2D eigenvalue weighted by atomic mass is 35.5. The fourth-order valence-corrected chi connectivity index (χ4v) is 1.80. The molecular formula is C15H10Cl2FNO. The van der Waals surface area contributed by atoms with Crippen LogP contribution in [0.25, 0.3) is 0 Å². The molecule has 1 N–H and O–H groups in total. The third-order valence-electron chi connectivity index (χ3n) is 2.53. The third kappa shape index (κ3) is 3.83. The molecule has 0 amide bonds. The topological polar surface area (TPSA) is 29.1 Å². The summed E-state index contributed by atoms with van der Waals surface area (Å²) in [7, 11) is 0. The van der Waals surface area contributed by atoms with Crippen molar-refractivity contribution in [2.24, 2.45) is 0 Å². The molecule has 2 nitrogen and oxygen atoms in total. The highest BCUT2D eigenvalue weighted by Crippen LogP contribution is 2.22. The second-order valence-corrected chi connectivity index (χ2v) is 4.79. The molecule has 102 valence electrons. The van der Waals surface area contributed by atoms with Crippen molar-refractivity contribution in [2.75, 3.05) is 5.32 Å². The van der Waals surface area contributed by atoms with Crippen LogP contribution in [0.4, 0.5) is 10.1 Å². The SMILES string of the molecule is O=C(/C=C/Nc1ccc(F)cc1)c1ccc(Cl)c(Cl)c1. The van der Waals surface area contributed by atoms with Crippen molar-refractivity contribution in [3.63, 3.8) is 0 Å². The van der Waals surface area contributed by atoms with Crippen molar-refractivity contribution in [3.05, 3.63) is 76.2 Å². The van der Waals surface area contributed by atoms with Gasteiger partial charge in [-0.2, -0.15) is 0 Å². The van der Waals surface area contributed by atoms with E-state index in [0.717, 1.165) is 0 Å². The lowest BCUT2D eigenvalue weighted by Crippen LogP contribution is -1.96. The quantitative estimate of drug-likeness (QED) is 0.640. The first-order chi connectivity index (χ1) is 9.56. The Kier molecular flexibility index (Phi) is 4.77. The third-order valence-corrected chi connectivity index (χ3v) is 3.27. The zero-order valence-electron chi connectivity index (χ0n) is 10.2. The normalized spacial score (nSPS) is 10.8.